The summed E-state index contributed by atoms with van der Waals surface area (Å²) in [4.78, 5) is 4.32. The molecule has 0 aromatic heterocycles. The molecule has 0 fully saturated rings. The Bertz CT molecular complexity index is 329. The van der Waals surface area contributed by atoms with Gasteiger partial charge in [-0.3, -0.25) is 4.99 Å². The predicted octanol–water partition coefficient (Wildman–Crippen LogP) is 3.16. The summed E-state index contributed by atoms with van der Waals surface area (Å²) in [5, 5.41) is 0. The van der Waals surface area contributed by atoms with Crippen molar-refractivity contribution in [2.45, 2.75) is 31.7 Å². The van der Waals surface area contributed by atoms with Crippen molar-refractivity contribution in [3.63, 3.8) is 0 Å². The Hall–Kier alpha value is -1.18. The molecule has 1 aliphatic rings. The minimum atomic E-state index is -0.161. The maximum atomic E-state index is 12.7. The van der Waals surface area contributed by atoms with Crippen molar-refractivity contribution in [3.8, 4) is 0 Å². The summed E-state index contributed by atoms with van der Waals surface area (Å²) in [5.74, 6) is 0.356. The SMILES string of the molecule is CC1CC(c2ccc(F)cc2)CC=N1. The van der Waals surface area contributed by atoms with E-state index in [-0.39, 0.29) is 5.82 Å². The minimum Gasteiger partial charge on any atom is -0.294 e. The lowest BCUT2D eigenvalue weighted by atomic mass is 9.88. The van der Waals surface area contributed by atoms with Gasteiger partial charge < -0.3 is 0 Å². The molecule has 1 heterocycles. The van der Waals surface area contributed by atoms with Gasteiger partial charge in [-0.1, -0.05) is 12.1 Å². The van der Waals surface area contributed by atoms with Gasteiger partial charge in [0.1, 0.15) is 5.82 Å². The number of aliphatic imine (C=N–C) groups is 1. The molecule has 0 radical (unpaired) electrons. The fraction of sp³-hybridized carbons (Fsp3) is 0.417. The molecular weight excluding hydrogens is 177 g/mol. The largest absolute Gasteiger partial charge is 0.294 e. The normalized spacial score (nSPS) is 26.4. The third-order valence-corrected chi connectivity index (χ3v) is 2.72. The molecule has 0 amide bonds. The maximum absolute atomic E-state index is 12.7. The second-order valence-corrected chi connectivity index (χ2v) is 3.90. The molecule has 1 nitrogen and oxygen atoms in total. The van der Waals surface area contributed by atoms with Gasteiger partial charge in [0.05, 0.1) is 0 Å². The first-order valence-electron chi connectivity index (χ1n) is 5.03. The van der Waals surface area contributed by atoms with Crippen molar-refractivity contribution in [2.24, 2.45) is 4.99 Å². The second-order valence-electron chi connectivity index (χ2n) is 3.90. The smallest absolute Gasteiger partial charge is 0.123 e. The molecule has 0 aliphatic carbocycles. The Balaban J connectivity index is 2.15. The second kappa shape index (κ2) is 3.91. The van der Waals surface area contributed by atoms with Gasteiger partial charge in [-0.05, 0) is 49.6 Å². The molecular formula is C12H14FN. The molecule has 74 valence electrons. The first kappa shape index (κ1) is 9.38. The first-order chi connectivity index (χ1) is 6.75. The van der Waals surface area contributed by atoms with Crippen LogP contribution in [0.5, 0.6) is 0 Å². The zero-order chi connectivity index (χ0) is 9.97. The molecule has 1 aromatic rings. The first-order valence-corrected chi connectivity index (χ1v) is 5.03. The van der Waals surface area contributed by atoms with Gasteiger partial charge in [-0.2, -0.15) is 0 Å². The predicted molar refractivity (Wildman–Crippen MR) is 56.3 cm³/mol. The third-order valence-electron chi connectivity index (χ3n) is 2.72. The monoisotopic (exact) mass is 191 g/mol. The van der Waals surface area contributed by atoms with Gasteiger partial charge in [0.15, 0.2) is 0 Å². The molecule has 2 atom stereocenters. The Labute approximate surface area is 83.7 Å². The summed E-state index contributed by atoms with van der Waals surface area (Å²) in [6, 6.07) is 7.23. The third kappa shape index (κ3) is 2.00. The van der Waals surface area contributed by atoms with E-state index in [4.69, 9.17) is 0 Å². The Kier molecular flexibility index (Phi) is 2.62. The zero-order valence-corrected chi connectivity index (χ0v) is 8.28. The van der Waals surface area contributed by atoms with E-state index in [2.05, 4.69) is 11.9 Å². The van der Waals surface area contributed by atoms with E-state index in [9.17, 15) is 4.39 Å². The minimum absolute atomic E-state index is 0.161. The van der Waals surface area contributed by atoms with Crippen LogP contribution in [0.15, 0.2) is 29.3 Å². The summed E-state index contributed by atoms with van der Waals surface area (Å²) in [6.07, 6.45) is 4.04. The number of benzene rings is 1. The van der Waals surface area contributed by atoms with E-state index in [0.717, 1.165) is 12.8 Å². The average Bonchev–Trinajstić information content (AvgIpc) is 2.19. The van der Waals surface area contributed by atoms with Crippen LogP contribution in [-0.2, 0) is 0 Å². The molecule has 0 bridgehead atoms. The number of rotatable bonds is 1. The Morgan fingerprint density at radius 1 is 1.29 bits per heavy atom. The van der Waals surface area contributed by atoms with Crippen LogP contribution in [0, 0.1) is 5.82 Å². The van der Waals surface area contributed by atoms with Crippen LogP contribution in [0.4, 0.5) is 4.39 Å². The van der Waals surface area contributed by atoms with Crippen LogP contribution >= 0.6 is 0 Å². The summed E-state index contributed by atoms with van der Waals surface area (Å²) in [5.41, 5.74) is 1.23. The highest BCUT2D eigenvalue weighted by Crippen LogP contribution is 2.27. The quantitative estimate of drug-likeness (QED) is 0.646. The van der Waals surface area contributed by atoms with Crippen molar-refractivity contribution < 1.29 is 4.39 Å². The van der Waals surface area contributed by atoms with Crippen LogP contribution in [0.3, 0.4) is 0 Å². The molecule has 2 rings (SSSR count). The number of nitrogens with zero attached hydrogens (tertiary/aromatic N) is 1. The number of hydrogen-bond acceptors (Lipinski definition) is 1. The van der Waals surface area contributed by atoms with Crippen LogP contribution in [0.25, 0.3) is 0 Å². The average molecular weight is 191 g/mol. The number of halogens is 1. The van der Waals surface area contributed by atoms with Gasteiger partial charge in [0, 0.05) is 6.04 Å². The molecule has 0 N–H and O–H groups in total. The van der Waals surface area contributed by atoms with E-state index in [0.29, 0.717) is 12.0 Å². The summed E-state index contributed by atoms with van der Waals surface area (Å²) in [6.45, 7) is 2.12. The molecule has 2 unspecified atom stereocenters. The highest BCUT2D eigenvalue weighted by atomic mass is 19.1. The molecule has 2 heteroatoms. The van der Waals surface area contributed by atoms with Crippen molar-refractivity contribution >= 4 is 6.21 Å². The molecule has 1 aliphatic heterocycles. The van der Waals surface area contributed by atoms with E-state index in [1.807, 2.05) is 18.3 Å². The van der Waals surface area contributed by atoms with Crippen LogP contribution in [-0.4, -0.2) is 12.3 Å². The molecule has 0 spiro atoms. The molecule has 0 saturated heterocycles. The topological polar surface area (TPSA) is 12.4 Å². The lowest BCUT2D eigenvalue weighted by Gasteiger charge is -2.21. The Morgan fingerprint density at radius 2 is 2.00 bits per heavy atom. The van der Waals surface area contributed by atoms with Crippen LogP contribution in [0.1, 0.15) is 31.2 Å². The lowest BCUT2D eigenvalue weighted by Crippen LogP contribution is -2.13. The van der Waals surface area contributed by atoms with Gasteiger partial charge >= 0.3 is 0 Å². The summed E-state index contributed by atoms with van der Waals surface area (Å²) in [7, 11) is 0. The van der Waals surface area contributed by atoms with Gasteiger partial charge in [0.25, 0.3) is 0 Å². The van der Waals surface area contributed by atoms with Crippen molar-refractivity contribution in [3.05, 3.63) is 35.6 Å². The van der Waals surface area contributed by atoms with Crippen LogP contribution in [0.2, 0.25) is 0 Å². The standard InChI is InChI=1S/C12H14FN/c1-9-8-11(6-7-14-9)10-2-4-12(13)5-3-10/h2-5,7,9,11H,6,8H2,1H3. The van der Waals surface area contributed by atoms with Crippen molar-refractivity contribution in [2.75, 3.05) is 0 Å². The van der Waals surface area contributed by atoms with E-state index < -0.39 is 0 Å². The highest BCUT2D eigenvalue weighted by molar-refractivity contribution is 5.60. The fourth-order valence-electron chi connectivity index (χ4n) is 1.94. The lowest BCUT2D eigenvalue weighted by molar-refractivity contribution is 0.545. The zero-order valence-electron chi connectivity index (χ0n) is 8.28. The van der Waals surface area contributed by atoms with Crippen molar-refractivity contribution in [1.82, 2.24) is 0 Å². The summed E-state index contributed by atoms with van der Waals surface area (Å²) >= 11 is 0. The van der Waals surface area contributed by atoms with Crippen molar-refractivity contribution in [1.29, 1.82) is 0 Å². The molecule has 0 saturated carbocycles. The van der Waals surface area contributed by atoms with E-state index >= 15 is 0 Å². The molecule has 1 aromatic carbocycles. The van der Waals surface area contributed by atoms with E-state index in [1.54, 1.807) is 0 Å². The van der Waals surface area contributed by atoms with Gasteiger partial charge in [-0.15, -0.1) is 0 Å². The van der Waals surface area contributed by atoms with Gasteiger partial charge in [-0.25, -0.2) is 4.39 Å². The van der Waals surface area contributed by atoms with Gasteiger partial charge in [0.2, 0.25) is 0 Å². The Morgan fingerprint density at radius 3 is 2.64 bits per heavy atom. The maximum Gasteiger partial charge on any atom is 0.123 e. The van der Waals surface area contributed by atoms with Crippen LogP contribution < -0.4 is 0 Å². The fourth-order valence-corrected chi connectivity index (χ4v) is 1.94. The molecule has 14 heavy (non-hydrogen) atoms. The van der Waals surface area contributed by atoms with E-state index in [1.165, 1.54) is 17.7 Å². The summed E-state index contributed by atoms with van der Waals surface area (Å²) < 4.78 is 12.7. The number of hydrogen-bond donors (Lipinski definition) is 0. The highest BCUT2D eigenvalue weighted by Gasteiger charge is 2.17.